The first-order chi connectivity index (χ1) is 17.6. The largest absolute Gasteiger partial charge is 0.503 e. The predicted octanol–water partition coefficient (Wildman–Crippen LogP) is 7.64. The molecule has 2 heterocycles. The molecule has 1 amide bonds. The minimum atomic E-state index is -0.799. The molecule has 5 rings (SSSR count). The predicted molar refractivity (Wildman–Crippen MR) is 146 cm³/mol. The molecule has 0 radical (unpaired) electrons. The molecule has 1 atom stereocenters. The second kappa shape index (κ2) is 9.07. The van der Waals surface area contributed by atoms with E-state index in [-0.39, 0.29) is 16.7 Å². The molecule has 0 aliphatic carbocycles. The number of nitrogens with zero attached hydrogens (tertiary/aromatic N) is 1. The van der Waals surface area contributed by atoms with Crippen molar-refractivity contribution in [3.63, 3.8) is 0 Å². The SMILES string of the molecule is CC(C)c1ccc(N2C(=O)C(O)=C(C(=O)c3cc4ccccc4o3)C2c2ccc(C(C)(C)C)cc2)cc1. The van der Waals surface area contributed by atoms with Crippen molar-refractivity contribution in [1.29, 1.82) is 0 Å². The van der Waals surface area contributed by atoms with Gasteiger partial charge in [-0.05, 0) is 52.3 Å². The van der Waals surface area contributed by atoms with Crippen LogP contribution in [-0.2, 0) is 10.2 Å². The molecule has 0 spiro atoms. The van der Waals surface area contributed by atoms with E-state index in [4.69, 9.17) is 4.42 Å². The number of anilines is 1. The van der Waals surface area contributed by atoms with Crippen molar-refractivity contribution in [2.24, 2.45) is 0 Å². The van der Waals surface area contributed by atoms with E-state index in [9.17, 15) is 14.7 Å². The number of ketones is 1. The number of Topliss-reactive ketones (excluding diaryl/α,β-unsaturated/α-hetero) is 1. The van der Waals surface area contributed by atoms with Gasteiger partial charge in [0.2, 0.25) is 5.78 Å². The van der Waals surface area contributed by atoms with Crippen LogP contribution < -0.4 is 4.90 Å². The molecule has 1 aliphatic heterocycles. The maximum atomic E-state index is 13.8. The highest BCUT2D eigenvalue weighted by Crippen LogP contribution is 2.43. The molecule has 4 aromatic rings. The smallest absolute Gasteiger partial charge is 0.294 e. The number of furan rings is 1. The van der Waals surface area contributed by atoms with E-state index in [2.05, 4.69) is 34.6 Å². The average Bonchev–Trinajstić information content (AvgIpc) is 3.42. The van der Waals surface area contributed by atoms with Gasteiger partial charge in [-0.2, -0.15) is 0 Å². The molecule has 5 heteroatoms. The number of rotatable bonds is 5. The molecule has 37 heavy (non-hydrogen) atoms. The lowest BCUT2D eigenvalue weighted by molar-refractivity contribution is -0.117. The van der Waals surface area contributed by atoms with Crippen LogP contribution in [0, 0.1) is 0 Å². The van der Waals surface area contributed by atoms with Crippen LogP contribution in [0.2, 0.25) is 0 Å². The van der Waals surface area contributed by atoms with Crippen molar-refractivity contribution in [3.05, 3.63) is 113 Å². The summed E-state index contributed by atoms with van der Waals surface area (Å²) in [7, 11) is 0. The normalized spacial score (nSPS) is 16.3. The maximum absolute atomic E-state index is 13.8. The van der Waals surface area contributed by atoms with Gasteiger partial charge in [-0.25, -0.2) is 0 Å². The molecule has 0 saturated heterocycles. The van der Waals surface area contributed by atoms with Crippen molar-refractivity contribution in [2.75, 3.05) is 4.90 Å². The highest BCUT2D eigenvalue weighted by atomic mass is 16.3. The van der Waals surface area contributed by atoms with Gasteiger partial charge >= 0.3 is 0 Å². The van der Waals surface area contributed by atoms with Gasteiger partial charge in [0.15, 0.2) is 11.5 Å². The standard InChI is InChI=1S/C32H31NO4/c1-19(2)20-12-16-24(17-13-20)33-28(21-10-14-23(15-11-21)32(3,4)5)27(30(35)31(33)36)29(34)26-18-22-8-6-7-9-25(22)37-26/h6-19,28,35H,1-5H3. The molecule has 1 aliphatic rings. The van der Waals surface area contributed by atoms with Crippen molar-refractivity contribution >= 4 is 28.3 Å². The molecule has 0 fully saturated rings. The van der Waals surface area contributed by atoms with Gasteiger partial charge in [-0.1, -0.05) is 89.2 Å². The molecule has 5 nitrogen and oxygen atoms in total. The Balaban J connectivity index is 1.63. The van der Waals surface area contributed by atoms with Gasteiger partial charge in [-0.3, -0.25) is 14.5 Å². The average molecular weight is 494 g/mol. The fourth-order valence-corrected chi connectivity index (χ4v) is 4.83. The molecule has 0 saturated carbocycles. The third-order valence-corrected chi connectivity index (χ3v) is 7.03. The van der Waals surface area contributed by atoms with Gasteiger partial charge in [0.25, 0.3) is 5.91 Å². The number of aliphatic hydroxyl groups excluding tert-OH is 1. The summed E-state index contributed by atoms with van der Waals surface area (Å²) >= 11 is 0. The van der Waals surface area contributed by atoms with E-state index in [1.807, 2.05) is 66.7 Å². The number of aliphatic hydroxyl groups is 1. The first kappa shape index (κ1) is 24.6. The third kappa shape index (κ3) is 4.35. The zero-order valence-corrected chi connectivity index (χ0v) is 21.8. The molecule has 1 N–H and O–H groups in total. The number of para-hydroxylation sites is 1. The van der Waals surface area contributed by atoms with E-state index in [0.29, 0.717) is 17.2 Å². The molecule has 0 bridgehead atoms. The Bertz CT molecular complexity index is 1480. The van der Waals surface area contributed by atoms with Crippen LogP contribution in [0.1, 0.15) is 73.8 Å². The Kier molecular flexibility index (Phi) is 6.03. The summed E-state index contributed by atoms with van der Waals surface area (Å²) in [4.78, 5) is 28.8. The van der Waals surface area contributed by atoms with E-state index in [1.54, 1.807) is 12.1 Å². The molecule has 188 valence electrons. The second-order valence-corrected chi connectivity index (χ2v) is 10.9. The highest BCUT2D eigenvalue weighted by molar-refractivity contribution is 6.20. The van der Waals surface area contributed by atoms with Crippen molar-refractivity contribution in [2.45, 2.75) is 52.0 Å². The van der Waals surface area contributed by atoms with Gasteiger partial charge in [0.1, 0.15) is 5.58 Å². The van der Waals surface area contributed by atoms with Crippen LogP contribution >= 0.6 is 0 Å². The molecular formula is C32H31NO4. The van der Waals surface area contributed by atoms with E-state index < -0.39 is 23.5 Å². The topological polar surface area (TPSA) is 70.8 Å². The second-order valence-electron chi connectivity index (χ2n) is 10.9. The van der Waals surface area contributed by atoms with E-state index in [1.165, 1.54) is 4.90 Å². The van der Waals surface area contributed by atoms with E-state index in [0.717, 1.165) is 22.1 Å². The van der Waals surface area contributed by atoms with Gasteiger partial charge < -0.3 is 9.52 Å². The van der Waals surface area contributed by atoms with Crippen LogP contribution in [0.3, 0.4) is 0 Å². The minimum absolute atomic E-state index is 0.0144. The van der Waals surface area contributed by atoms with Crippen molar-refractivity contribution < 1.29 is 19.1 Å². The van der Waals surface area contributed by atoms with Gasteiger partial charge in [0.05, 0.1) is 11.6 Å². The number of hydrogen-bond acceptors (Lipinski definition) is 4. The molecular weight excluding hydrogens is 462 g/mol. The number of benzene rings is 3. The van der Waals surface area contributed by atoms with Crippen LogP contribution in [0.25, 0.3) is 11.0 Å². The molecule has 1 unspecified atom stereocenters. The molecule has 1 aromatic heterocycles. The quantitative estimate of drug-likeness (QED) is 0.290. The first-order valence-electron chi connectivity index (χ1n) is 12.6. The van der Waals surface area contributed by atoms with Crippen LogP contribution in [-0.4, -0.2) is 16.8 Å². The van der Waals surface area contributed by atoms with Crippen molar-refractivity contribution in [3.8, 4) is 0 Å². The van der Waals surface area contributed by atoms with Crippen molar-refractivity contribution in [1.82, 2.24) is 0 Å². The lowest BCUT2D eigenvalue weighted by Gasteiger charge is -2.28. The fraction of sp³-hybridized carbons (Fsp3) is 0.250. The first-order valence-corrected chi connectivity index (χ1v) is 12.6. The Hall–Kier alpha value is -4.12. The zero-order valence-electron chi connectivity index (χ0n) is 21.8. The summed E-state index contributed by atoms with van der Waals surface area (Å²) in [6.07, 6.45) is 0. The third-order valence-electron chi connectivity index (χ3n) is 7.03. The number of carbonyl (C=O) groups is 2. The monoisotopic (exact) mass is 493 g/mol. The summed E-state index contributed by atoms with van der Waals surface area (Å²) < 4.78 is 5.83. The number of amides is 1. The lowest BCUT2D eigenvalue weighted by atomic mass is 9.85. The summed E-state index contributed by atoms with van der Waals surface area (Å²) in [6.45, 7) is 10.6. The Morgan fingerprint density at radius 1 is 0.946 bits per heavy atom. The Morgan fingerprint density at radius 2 is 1.59 bits per heavy atom. The summed E-state index contributed by atoms with van der Waals surface area (Å²) in [5.74, 6) is -1.25. The fourth-order valence-electron chi connectivity index (χ4n) is 4.83. The maximum Gasteiger partial charge on any atom is 0.294 e. The zero-order chi connectivity index (χ0) is 26.5. The van der Waals surface area contributed by atoms with E-state index >= 15 is 0 Å². The number of carbonyl (C=O) groups excluding carboxylic acids is 2. The molecule has 3 aromatic carbocycles. The van der Waals surface area contributed by atoms with Crippen LogP contribution in [0.4, 0.5) is 5.69 Å². The summed E-state index contributed by atoms with van der Waals surface area (Å²) in [5, 5.41) is 11.9. The minimum Gasteiger partial charge on any atom is -0.503 e. The highest BCUT2D eigenvalue weighted by Gasteiger charge is 2.45. The lowest BCUT2D eigenvalue weighted by Crippen LogP contribution is -2.31. The summed E-state index contributed by atoms with van der Waals surface area (Å²) in [5.41, 5.74) is 4.14. The number of fused-ring (bicyclic) bond motifs is 1. The van der Waals surface area contributed by atoms with Gasteiger partial charge in [-0.15, -0.1) is 0 Å². The van der Waals surface area contributed by atoms with Gasteiger partial charge in [0, 0.05) is 11.1 Å². The Labute approximate surface area is 217 Å². The Morgan fingerprint density at radius 3 is 2.19 bits per heavy atom. The summed E-state index contributed by atoms with van der Waals surface area (Å²) in [6, 6.07) is 23.8. The van der Waals surface area contributed by atoms with Crippen LogP contribution in [0.15, 0.2) is 94.6 Å². The van der Waals surface area contributed by atoms with Crippen LogP contribution in [0.5, 0.6) is 0 Å². The number of hydrogen-bond donors (Lipinski definition) is 1.